The summed E-state index contributed by atoms with van der Waals surface area (Å²) in [4.78, 5) is 52.4. The Labute approximate surface area is 290 Å². The molecule has 5 atom stereocenters. The highest BCUT2D eigenvalue weighted by Gasteiger charge is 2.60. The molecule has 1 saturated heterocycles. The van der Waals surface area contributed by atoms with Gasteiger partial charge in [0.25, 0.3) is 24.2 Å². The monoisotopic (exact) mass is 749 g/mol. The zero-order valence-electron chi connectivity index (χ0n) is 25.9. The van der Waals surface area contributed by atoms with Crippen LogP contribution in [-0.2, 0) is 18.0 Å². The number of nitrogens with two attached hydrogens (primary N) is 1. The maximum Gasteiger partial charge on any atom is 0.435 e. The number of anilines is 1. The number of piperidine rings is 1. The molecule has 3 fully saturated rings. The lowest BCUT2D eigenvalue weighted by Crippen LogP contribution is -2.49. The lowest BCUT2D eigenvalue weighted by Gasteiger charge is -2.23. The van der Waals surface area contributed by atoms with Crippen LogP contribution in [0.2, 0.25) is 5.02 Å². The molecule has 4 amide bonds. The van der Waals surface area contributed by atoms with Crippen molar-refractivity contribution in [2.24, 2.45) is 24.6 Å². The summed E-state index contributed by atoms with van der Waals surface area (Å²) in [6, 6.07) is 1.96. The third-order valence-corrected chi connectivity index (χ3v) is 9.31. The van der Waals surface area contributed by atoms with Crippen LogP contribution in [0, 0.1) is 11.8 Å². The van der Waals surface area contributed by atoms with Gasteiger partial charge in [0, 0.05) is 68.7 Å². The van der Waals surface area contributed by atoms with Gasteiger partial charge < -0.3 is 36.3 Å². The van der Waals surface area contributed by atoms with E-state index in [-0.39, 0.29) is 76.6 Å². The second-order valence-electron chi connectivity index (χ2n) is 11.9. The normalized spacial score (nSPS) is 22.1. The number of aromatic nitrogens is 4. The SMILES string of the molecule is Cn1c(-c2cn(C3CC3(F)F)nc2C(F)(F)F)cnc1C(=O)Nc1ccc(C(=O)NC2[C@H]3CN(C(=O)NC(CN)CCl)C[C@@H]23)c(Cl)c1.O=CO. The van der Waals surface area contributed by atoms with Crippen molar-refractivity contribution in [1.29, 1.82) is 0 Å². The van der Waals surface area contributed by atoms with Crippen LogP contribution in [0.5, 0.6) is 0 Å². The number of amides is 4. The van der Waals surface area contributed by atoms with Crippen LogP contribution in [-0.4, -0.2) is 97.2 Å². The van der Waals surface area contributed by atoms with Crippen molar-refractivity contribution in [2.45, 2.75) is 36.6 Å². The number of nitrogens with one attached hydrogen (secondary N) is 3. The van der Waals surface area contributed by atoms with Crippen molar-refractivity contribution in [1.82, 2.24) is 34.9 Å². The number of carbonyl (C=O) groups excluding carboxylic acids is 3. The van der Waals surface area contributed by atoms with Crippen LogP contribution < -0.4 is 21.7 Å². The van der Waals surface area contributed by atoms with Gasteiger partial charge in [-0.3, -0.25) is 19.1 Å². The smallest absolute Gasteiger partial charge is 0.435 e. The number of benzene rings is 1. The number of nitrogens with zero attached hydrogens (tertiary/aromatic N) is 5. The van der Waals surface area contributed by atoms with Crippen LogP contribution in [0.25, 0.3) is 11.3 Å². The van der Waals surface area contributed by atoms with Gasteiger partial charge in [0.2, 0.25) is 0 Å². The summed E-state index contributed by atoms with van der Waals surface area (Å²) in [5.74, 6) is -4.29. The minimum absolute atomic E-state index is 0.0284. The molecule has 0 radical (unpaired) electrons. The average molecular weight is 751 g/mol. The van der Waals surface area contributed by atoms with Crippen LogP contribution in [0.15, 0.2) is 30.6 Å². The summed E-state index contributed by atoms with van der Waals surface area (Å²) >= 11 is 12.1. The Morgan fingerprint density at radius 1 is 1.20 bits per heavy atom. The van der Waals surface area contributed by atoms with E-state index in [0.717, 1.165) is 17.0 Å². The first kappa shape index (κ1) is 36.8. The second kappa shape index (κ2) is 14.0. The van der Waals surface area contributed by atoms with Crippen molar-refractivity contribution in [3.63, 3.8) is 0 Å². The molecule has 1 aliphatic heterocycles. The number of likely N-dealkylation sites (tertiary alicyclic amines) is 1. The Morgan fingerprint density at radius 3 is 2.38 bits per heavy atom. The fraction of sp³-hybridized carbons (Fsp3) is 0.448. The van der Waals surface area contributed by atoms with Crippen LogP contribution in [0.3, 0.4) is 0 Å². The third kappa shape index (κ3) is 7.48. The van der Waals surface area contributed by atoms with E-state index >= 15 is 0 Å². The summed E-state index contributed by atoms with van der Waals surface area (Å²) in [6.45, 7) is 0.894. The number of carbonyl (C=O) groups is 4. The largest absolute Gasteiger partial charge is 0.483 e. The van der Waals surface area contributed by atoms with Gasteiger partial charge in [-0.25, -0.2) is 18.6 Å². The number of fused-ring (bicyclic) bond motifs is 1. The highest BCUT2D eigenvalue weighted by molar-refractivity contribution is 6.34. The van der Waals surface area contributed by atoms with Gasteiger partial charge in [-0.2, -0.15) is 18.3 Å². The van der Waals surface area contributed by atoms with Gasteiger partial charge >= 0.3 is 12.2 Å². The first-order chi connectivity index (χ1) is 23.5. The molecule has 0 spiro atoms. The van der Waals surface area contributed by atoms with Crippen molar-refractivity contribution in [3.8, 4) is 11.3 Å². The number of carboxylic acid groups (broad SMARTS) is 1. The minimum atomic E-state index is -4.95. The predicted molar refractivity (Wildman–Crippen MR) is 168 cm³/mol. The molecule has 6 rings (SSSR count). The van der Waals surface area contributed by atoms with Gasteiger partial charge in [0.05, 0.1) is 34.1 Å². The Kier molecular flexibility index (Phi) is 10.3. The molecule has 1 aromatic carbocycles. The minimum Gasteiger partial charge on any atom is -0.483 e. The highest BCUT2D eigenvalue weighted by Crippen LogP contribution is 2.53. The van der Waals surface area contributed by atoms with Gasteiger partial charge in [0.1, 0.15) is 6.04 Å². The molecule has 270 valence electrons. The van der Waals surface area contributed by atoms with Gasteiger partial charge in [-0.05, 0) is 18.2 Å². The summed E-state index contributed by atoms with van der Waals surface area (Å²) in [7, 11) is 1.30. The summed E-state index contributed by atoms with van der Waals surface area (Å²) in [6.07, 6.45) is -3.68. The van der Waals surface area contributed by atoms with Crippen molar-refractivity contribution in [2.75, 3.05) is 30.8 Å². The van der Waals surface area contributed by atoms with Crippen molar-refractivity contribution >= 4 is 53.2 Å². The van der Waals surface area contributed by atoms with E-state index in [1.807, 2.05) is 0 Å². The molecule has 3 aromatic rings. The molecule has 2 aromatic heterocycles. The first-order valence-electron chi connectivity index (χ1n) is 14.9. The molecule has 3 aliphatic rings. The van der Waals surface area contributed by atoms with Crippen molar-refractivity contribution < 1.29 is 46.2 Å². The number of hydrogen-bond donors (Lipinski definition) is 5. The number of hydrogen-bond acceptors (Lipinski definition) is 7. The quantitative estimate of drug-likeness (QED) is 0.125. The fourth-order valence-electron chi connectivity index (χ4n) is 5.83. The first-order valence-corrected chi connectivity index (χ1v) is 15.8. The maximum absolute atomic E-state index is 13.7. The number of alkyl halides is 6. The molecule has 2 saturated carbocycles. The van der Waals surface area contributed by atoms with Crippen LogP contribution in [0.1, 0.15) is 39.1 Å². The molecule has 21 heteroatoms. The van der Waals surface area contributed by atoms with Gasteiger partial charge in [0.15, 0.2) is 11.5 Å². The number of halogens is 7. The molecule has 3 unspecified atom stereocenters. The van der Waals surface area contributed by atoms with Gasteiger partial charge in [-0.1, -0.05) is 11.6 Å². The zero-order valence-corrected chi connectivity index (χ0v) is 27.4. The summed E-state index contributed by atoms with van der Waals surface area (Å²) in [5.41, 5.74) is 3.86. The summed E-state index contributed by atoms with van der Waals surface area (Å²) in [5, 5.41) is 18.5. The average Bonchev–Trinajstić information content (AvgIpc) is 3.55. The predicted octanol–water partition coefficient (Wildman–Crippen LogP) is 3.42. The molecular formula is C29H30Cl2F5N9O5. The second-order valence-corrected chi connectivity index (χ2v) is 12.6. The molecule has 2 aliphatic carbocycles. The lowest BCUT2D eigenvalue weighted by molar-refractivity contribution is -0.141. The van der Waals surface area contributed by atoms with E-state index in [2.05, 4.69) is 26.0 Å². The van der Waals surface area contributed by atoms with Crippen LogP contribution in [0.4, 0.5) is 32.4 Å². The van der Waals surface area contributed by atoms with Gasteiger partial charge in [-0.15, -0.1) is 11.6 Å². The highest BCUT2D eigenvalue weighted by atomic mass is 35.5. The fourth-order valence-corrected chi connectivity index (χ4v) is 6.30. The van der Waals surface area contributed by atoms with E-state index in [0.29, 0.717) is 17.8 Å². The van der Waals surface area contributed by atoms with E-state index < -0.39 is 47.6 Å². The summed E-state index contributed by atoms with van der Waals surface area (Å²) < 4.78 is 70.0. The lowest BCUT2D eigenvalue weighted by atomic mass is 10.2. The van der Waals surface area contributed by atoms with E-state index in [4.69, 9.17) is 38.8 Å². The van der Waals surface area contributed by atoms with E-state index in [1.54, 1.807) is 4.90 Å². The van der Waals surface area contributed by atoms with E-state index in [9.17, 15) is 36.3 Å². The van der Waals surface area contributed by atoms with E-state index in [1.165, 1.54) is 25.2 Å². The molecule has 6 N–H and O–H groups in total. The molecule has 0 bridgehead atoms. The topological polar surface area (TPSA) is 190 Å². The molecule has 14 nitrogen and oxygen atoms in total. The molecular weight excluding hydrogens is 720 g/mol. The zero-order chi connectivity index (χ0) is 36.7. The number of rotatable bonds is 9. The van der Waals surface area contributed by atoms with Crippen LogP contribution >= 0.6 is 23.2 Å². The molecule has 50 heavy (non-hydrogen) atoms. The number of imidazole rings is 1. The Hall–Kier alpha value is -4.49. The van der Waals surface area contributed by atoms with Crippen molar-refractivity contribution in [3.05, 3.63) is 52.7 Å². The Bertz CT molecular complexity index is 1790. The molecule has 3 heterocycles. The Morgan fingerprint density at radius 2 is 1.84 bits per heavy atom. The Balaban J connectivity index is 0.00000156. The third-order valence-electron chi connectivity index (χ3n) is 8.63. The standard InChI is InChI=1S/C28H28Cl2F5N9O3.CH2O2/c1-42-19(17-11-44(20-5-27(20,31)32)41-22(17)28(33,34)35)8-37-23(42)25(46)38-12-2-3-14(18(30)4-12)24(45)40-21-15-9-43(10-16(15)21)26(47)39-13(6-29)7-36;2-1-3/h2-4,8,11,13,15-16,20-21H,5-7,9-10,36H2,1H3,(H,38,46)(H,39,47)(H,40,45);1H,(H,2,3)/t13?,15-,16+,20?,21?;. The maximum atomic E-state index is 13.7. The number of urea groups is 1.